The van der Waals surface area contributed by atoms with Gasteiger partial charge in [-0.15, -0.1) is 0 Å². The van der Waals surface area contributed by atoms with Gasteiger partial charge in [-0.2, -0.15) is 5.10 Å². The molecule has 1 saturated heterocycles. The van der Waals surface area contributed by atoms with Crippen LogP contribution < -0.4 is 15.4 Å². The van der Waals surface area contributed by atoms with Crippen molar-refractivity contribution in [3.63, 3.8) is 0 Å². The number of nitrogens with zero attached hydrogens (tertiary/aromatic N) is 3. The van der Waals surface area contributed by atoms with Crippen LogP contribution in [-0.2, 0) is 11.8 Å². The summed E-state index contributed by atoms with van der Waals surface area (Å²) < 4.78 is 13.5. The molecule has 3 aromatic rings. The van der Waals surface area contributed by atoms with E-state index in [0.717, 1.165) is 49.5 Å². The number of piperidine rings is 1. The Morgan fingerprint density at radius 3 is 2.65 bits per heavy atom. The molecule has 34 heavy (non-hydrogen) atoms. The summed E-state index contributed by atoms with van der Waals surface area (Å²) in [6.07, 6.45) is 4.28. The van der Waals surface area contributed by atoms with E-state index in [1.54, 1.807) is 42.3 Å². The van der Waals surface area contributed by atoms with E-state index in [1.807, 2.05) is 31.3 Å². The summed E-state index contributed by atoms with van der Waals surface area (Å²) in [6, 6.07) is 14.1. The number of carbonyl (C=O) groups is 1. The number of halogens is 1. The average molecular weight is 484 g/mol. The quantitative estimate of drug-likeness (QED) is 0.477. The topological polar surface area (TPSA) is 80.7 Å². The third-order valence-corrected chi connectivity index (χ3v) is 6.15. The molecule has 2 N–H and O–H groups in total. The molecule has 2 aromatic carbocycles. The summed E-state index contributed by atoms with van der Waals surface area (Å²) in [6.45, 7) is 3.38. The lowest BCUT2D eigenvalue weighted by Gasteiger charge is -2.31. The minimum absolute atomic E-state index is 0.295. The van der Waals surface area contributed by atoms with Gasteiger partial charge in [-0.1, -0.05) is 11.6 Å². The Hall–Kier alpha value is -3.07. The van der Waals surface area contributed by atoms with E-state index in [0.29, 0.717) is 29.1 Å². The van der Waals surface area contributed by atoms with Crippen LogP contribution in [0.15, 0.2) is 54.7 Å². The van der Waals surface area contributed by atoms with Crippen molar-refractivity contribution in [2.45, 2.75) is 18.9 Å². The fraction of sp³-hybridized carbons (Fsp3) is 0.360. The molecule has 180 valence electrons. The van der Waals surface area contributed by atoms with Crippen LogP contribution in [0, 0.1) is 0 Å². The normalized spacial score (nSPS) is 16.3. The molecule has 1 atom stereocenters. The molecule has 0 radical (unpaired) electrons. The van der Waals surface area contributed by atoms with Gasteiger partial charge in [0.15, 0.2) is 0 Å². The summed E-state index contributed by atoms with van der Waals surface area (Å²) in [5.41, 5.74) is 3.06. The second kappa shape index (κ2) is 11.4. The maximum absolute atomic E-state index is 12.5. The zero-order valence-corrected chi connectivity index (χ0v) is 20.2. The fourth-order valence-corrected chi connectivity index (χ4v) is 4.22. The van der Waals surface area contributed by atoms with Crippen LogP contribution >= 0.6 is 11.6 Å². The van der Waals surface area contributed by atoms with Gasteiger partial charge in [-0.05, 0) is 67.9 Å². The molecule has 2 amide bonds. The van der Waals surface area contributed by atoms with Gasteiger partial charge >= 0.3 is 6.03 Å². The minimum Gasteiger partial charge on any atom is -0.492 e. The molecule has 9 heteroatoms. The van der Waals surface area contributed by atoms with Gasteiger partial charge in [0.1, 0.15) is 12.4 Å². The summed E-state index contributed by atoms with van der Waals surface area (Å²) in [5, 5.41) is 10.6. The highest BCUT2D eigenvalue weighted by Crippen LogP contribution is 2.32. The van der Waals surface area contributed by atoms with E-state index in [1.165, 1.54) is 0 Å². The van der Waals surface area contributed by atoms with E-state index in [9.17, 15) is 4.79 Å². The summed E-state index contributed by atoms with van der Waals surface area (Å²) in [7, 11) is 3.65. The highest BCUT2D eigenvalue weighted by atomic mass is 35.5. The van der Waals surface area contributed by atoms with Crippen LogP contribution in [0.3, 0.4) is 0 Å². The first-order chi connectivity index (χ1) is 16.5. The van der Waals surface area contributed by atoms with Crippen LogP contribution in [0.4, 0.5) is 16.2 Å². The Morgan fingerprint density at radius 1 is 1.15 bits per heavy atom. The first-order valence-electron chi connectivity index (χ1n) is 11.4. The van der Waals surface area contributed by atoms with Crippen molar-refractivity contribution in [2.75, 3.05) is 44.0 Å². The zero-order chi connectivity index (χ0) is 23.9. The average Bonchev–Trinajstić information content (AvgIpc) is 3.27. The van der Waals surface area contributed by atoms with Crippen LogP contribution in [-0.4, -0.2) is 60.2 Å². The molecular weight excluding hydrogens is 454 g/mol. The Bertz CT molecular complexity index is 1100. The van der Waals surface area contributed by atoms with E-state index >= 15 is 0 Å². The van der Waals surface area contributed by atoms with Crippen molar-refractivity contribution in [1.82, 2.24) is 14.7 Å². The van der Waals surface area contributed by atoms with E-state index in [-0.39, 0.29) is 6.03 Å². The zero-order valence-electron chi connectivity index (χ0n) is 19.5. The minimum atomic E-state index is -0.343. The second-order valence-corrected chi connectivity index (χ2v) is 8.72. The Balaban J connectivity index is 1.44. The molecule has 0 unspecified atom stereocenters. The smallest absolute Gasteiger partial charge is 0.323 e. The molecule has 0 saturated carbocycles. The molecule has 8 nitrogen and oxygen atoms in total. The number of likely N-dealkylation sites (tertiary alicyclic amines) is 1. The number of carbonyl (C=O) groups excluding carboxylic acids is 1. The fourth-order valence-electron chi connectivity index (χ4n) is 4.09. The van der Waals surface area contributed by atoms with E-state index in [4.69, 9.17) is 21.1 Å². The molecule has 4 rings (SSSR count). The van der Waals surface area contributed by atoms with Crippen LogP contribution in [0.25, 0.3) is 11.3 Å². The second-order valence-electron chi connectivity index (χ2n) is 8.29. The Morgan fingerprint density at radius 2 is 1.91 bits per heavy atom. The number of amides is 2. The molecule has 2 heterocycles. The number of benzene rings is 2. The largest absolute Gasteiger partial charge is 0.492 e. The van der Waals surface area contributed by atoms with Gasteiger partial charge in [0.25, 0.3) is 0 Å². The number of urea groups is 1. The van der Waals surface area contributed by atoms with Gasteiger partial charge in [0, 0.05) is 55.4 Å². The van der Waals surface area contributed by atoms with E-state index < -0.39 is 0 Å². The van der Waals surface area contributed by atoms with Gasteiger partial charge in [0.2, 0.25) is 0 Å². The van der Waals surface area contributed by atoms with Crippen molar-refractivity contribution in [2.24, 2.45) is 7.05 Å². The molecule has 1 fully saturated rings. The summed E-state index contributed by atoms with van der Waals surface area (Å²) in [5.74, 6) is 0.743. The molecule has 0 bridgehead atoms. The molecule has 1 aliphatic rings. The first-order valence-corrected chi connectivity index (χ1v) is 11.7. The maximum Gasteiger partial charge on any atom is 0.323 e. The Labute approximate surface area is 204 Å². The molecule has 0 spiro atoms. The number of anilines is 2. The van der Waals surface area contributed by atoms with Gasteiger partial charge in [0.05, 0.1) is 11.8 Å². The third kappa shape index (κ3) is 6.28. The Kier molecular flexibility index (Phi) is 8.05. The van der Waals surface area contributed by atoms with E-state index in [2.05, 4.69) is 20.6 Å². The standard InChI is InChI=1S/C25H30ClN5O3/c1-30-23(11-12-27-30)22-16-20(29-25(32)28-19-7-5-18(26)6-8-19)9-10-24(22)34-15-14-31-13-3-4-21(17-31)33-2/h5-12,16,21H,3-4,13-15,17H2,1-2H3,(H2,28,29,32)/t21-/m1/s1. The lowest BCUT2D eigenvalue weighted by Crippen LogP contribution is -2.41. The van der Waals surface area contributed by atoms with Gasteiger partial charge < -0.3 is 20.1 Å². The third-order valence-electron chi connectivity index (χ3n) is 5.90. The van der Waals surface area contributed by atoms with Crippen molar-refractivity contribution < 1.29 is 14.3 Å². The van der Waals surface area contributed by atoms with Crippen LogP contribution in [0.1, 0.15) is 12.8 Å². The van der Waals surface area contributed by atoms with Crippen LogP contribution in [0.2, 0.25) is 5.02 Å². The lowest BCUT2D eigenvalue weighted by atomic mass is 10.1. The molecular formula is C25H30ClN5O3. The van der Waals surface area contributed by atoms with Crippen LogP contribution in [0.5, 0.6) is 5.75 Å². The van der Waals surface area contributed by atoms with Crippen molar-refractivity contribution in [3.05, 3.63) is 59.8 Å². The molecule has 0 aliphatic carbocycles. The van der Waals surface area contributed by atoms with Crippen molar-refractivity contribution in [3.8, 4) is 17.0 Å². The number of nitrogens with one attached hydrogen (secondary N) is 2. The molecule has 1 aromatic heterocycles. The SMILES string of the molecule is CO[C@@H]1CCCN(CCOc2ccc(NC(=O)Nc3ccc(Cl)cc3)cc2-c2ccnn2C)C1. The maximum atomic E-state index is 12.5. The first kappa shape index (κ1) is 24.1. The highest BCUT2D eigenvalue weighted by Gasteiger charge is 2.19. The lowest BCUT2D eigenvalue weighted by molar-refractivity contribution is 0.0272. The van der Waals surface area contributed by atoms with Crippen molar-refractivity contribution in [1.29, 1.82) is 0 Å². The number of aromatic nitrogens is 2. The number of rotatable bonds is 8. The number of hydrogen-bond donors (Lipinski definition) is 2. The summed E-state index contributed by atoms with van der Waals surface area (Å²) in [4.78, 5) is 14.9. The number of hydrogen-bond acceptors (Lipinski definition) is 5. The number of aryl methyl sites for hydroxylation is 1. The number of methoxy groups -OCH3 is 1. The highest BCUT2D eigenvalue weighted by molar-refractivity contribution is 6.30. The predicted molar refractivity (Wildman–Crippen MR) is 135 cm³/mol. The van der Waals surface area contributed by atoms with Gasteiger partial charge in [-0.25, -0.2) is 4.79 Å². The number of ether oxygens (including phenoxy) is 2. The van der Waals surface area contributed by atoms with Gasteiger partial charge in [-0.3, -0.25) is 9.58 Å². The monoisotopic (exact) mass is 483 g/mol. The van der Waals surface area contributed by atoms with Crippen molar-refractivity contribution >= 4 is 29.0 Å². The summed E-state index contributed by atoms with van der Waals surface area (Å²) >= 11 is 5.91. The molecule has 1 aliphatic heterocycles. The predicted octanol–water partition coefficient (Wildman–Crippen LogP) is 4.87.